The van der Waals surface area contributed by atoms with Crippen molar-refractivity contribution < 1.29 is 105 Å². The molecule has 0 aromatic rings. The van der Waals surface area contributed by atoms with E-state index in [1.807, 2.05) is 13.8 Å². The van der Waals surface area contributed by atoms with Crippen molar-refractivity contribution in [1.29, 1.82) is 0 Å². The zero-order valence-electron chi connectivity index (χ0n) is 20.7. The van der Waals surface area contributed by atoms with Crippen LogP contribution >= 0.6 is 0 Å². The van der Waals surface area contributed by atoms with Crippen LogP contribution in [-0.2, 0) is 39.2 Å². The van der Waals surface area contributed by atoms with Crippen LogP contribution in [0.3, 0.4) is 0 Å². The van der Waals surface area contributed by atoms with E-state index >= 15 is 0 Å². The second-order valence-electron chi connectivity index (χ2n) is 8.27. The summed E-state index contributed by atoms with van der Waals surface area (Å²) in [6, 6.07) is 0. The van der Waals surface area contributed by atoms with Gasteiger partial charge >= 0.3 is 29.6 Å². The number of hydrogen-bond donors (Lipinski definition) is 8. The molecule has 19 heteroatoms. The van der Waals surface area contributed by atoms with Gasteiger partial charge in [-0.05, 0) is 12.8 Å². The minimum absolute atomic E-state index is 0. The zero-order chi connectivity index (χ0) is 27.8. The van der Waals surface area contributed by atoms with Crippen molar-refractivity contribution in [3.05, 3.63) is 0 Å². The third-order valence-corrected chi connectivity index (χ3v) is 6.56. The Kier molecular flexibility index (Phi) is 16.8. The topological polar surface area (TPSA) is 267 Å². The molecule has 2 aliphatic heterocycles. The summed E-state index contributed by atoms with van der Waals surface area (Å²) in [7, 11) is -8.75. The van der Waals surface area contributed by atoms with Gasteiger partial charge in [0.05, 0.1) is 0 Å². The van der Waals surface area contributed by atoms with Gasteiger partial charge in [-0.3, -0.25) is 9.11 Å². The molecular formula is C18H36NaO16S2+. The van der Waals surface area contributed by atoms with Gasteiger partial charge in [0, 0.05) is 13.2 Å². The standard InChI is InChI=1S/2C9H18O8S.Na/c2*1-2-3-16-9-8(12)7(11)6(10)5(17-9)4-18(13,14)15;/h2*5-12H,2-4H2,1H3,(H,13,14,15);/q;;+1. The maximum atomic E-state index is 10.7. The van der Waals surface area contributed by atoms with Crippen molar-refractivity contribution >= 4 is 20.2 Å². The molecule has 2 saturated heterocycles. The van der Waals surface area contributed by atoms with E-state index in [-0.39, 0.29) is 42.8 Å². The van der Waals surface area contributed by atoms with Crippen molar-refractivity contribution in [2.75, 3.05) is 24.7 Å². The molecule has 216 valence electrons. The average molecular weight is 596 g/mol. The first-order chi connectivity index (χ1) is 16.5. The van der Waals surface area contributed by atoms with E-state index in [1.54, 1.807) is 0 Å². The third kappa shape index (κ3) is 12.6. The molecule has 0 amide bonds. The van der Waals surface area contributed by atoms with Crippen LogP contribution in [0, 0.1) is 0 Å². The Hall–Kier alpha value is 0.420. The van der Waals surface area contributed by atoms with Crippen LogP contribution < -0.4 is 29.6 Å². The molecular weight excluding hydrogens is 559 g/mol. The van der Waals surface area contributed by atoms with E-state index in [0.717, 1.165) is 0 Å². The van der Waals surface area contributed by atoms with E-state index in [9.17, 15) is 47.5 Å². The van der Waals surface area contributed by atoms with Gasteiger partial charge in [0.25, 0.3) is 20.2 Å². The normalized spacial score (nSPS) is 36.7. The summed E-state index contributed by atoms with van der Waals surface area (Å²) in [5.41, 5.74) is 0. The third-order valence-electron chi connectivity index (χ3n) is 5.06. The molecule has 10 atom stereocenters. The maximum Gasteiger partial charge on any atom is 1.00 e. The maximum absolute atomic E-state index is 10.7. The van der Waals surface area contributed by atoms with Gasteiger partial charge in [0.15, 0.2) is 12.6 Å². The van der Waals surface area contributed by atoms with Gasteiger partial charge in [0.1, 0.15) is 60.3 Å². The molecule has 2 heterocycles. The number of rotatable bonds is 10. The summed E-state index contributed by atoms with van der Waals surface area (Å²) >= 11 is 0. The molecule has 10 unspecified atom stereocenters. The van der Waals surface area contributed by atoms with Crippen molar-refractivity contribution in [3.63, 3.8) is 0 Å². The Morgan fingerprint density at radius 3 is 1.14 bits per heavy atom. The van der Waals surface area contributed by atoms with E-state index in [0.29, 0.717) is 12.8 Å². The van der Waals surface area contributed by atoms with Crippen molar-refractivity contribution in [3.8, 4) is 0 Å². The predicted molar refractivity (Wildman–Crippen MR) is 119 cm³/mol. The van der Waals surface area contributed by atoms with Crippen molar-refractivity contribution in [1.82, 2.24) is 0 Å². The van der Waals surface area contributed by atoms with Crippen LogP contribution in [0.1, 0.15) is 26.7 Å². The fraction of sp³-hybridized carbons (Fsp3) is 1.00. The molecule has 0 radical (unpaired) electrons. The summed E-state index contributed by atoms with van der Waals surface area (Å²) in [6.45, 7) is 4.11. The Morgan fingerprint density at radius 1 is 0.595 bits per heavy atom. The van der Waals surface area contributed by atoms with Gasteiger partial charge in [0.2, 0.25) is 0 Å². The fourth-order valence-corrected chi connectivity index (χ4v) is 4.65. The number of hydrogen-bond acceptors (Lipinski definition) is 14. The van der Waals surface area contributed by atoms with E-state index < -0.39 is 93.2 Å². The van der Waals surface area contributed by atoms with Crippen LogP contribution in [-0.4, -0.2) is 143 Å². The molecule has 0 aromatic carbocycles. The molecule has 0 saturated carbocycles. The molecule has 37 heavy (non-hydrogen) atoms. The molecule has 0 spiro atoms. The van der Waals surface area contributed by atoms with Crippen molar-refractivity contribution in [2.24, 2.45) is 0 Å². The quantitative estimate of drug-likeness (QED) is 0.0861. The Morgan fingerprint density at radius 2 is 0.892 bits per heavy atom. The van der Waals surface area contributed by atoms with E-state index in [4.69, 9.17) is 28.1 Å². The predicted octanol–water partition coefficient (Wildman–Crippen LogP) is -6.78. The smallest absolute Gasteiger partial charge is 0.388 e. The van der Waals surface area contributed by atoms with Crippen LogP contribution in [0.5, 0.6) is 0 Å². The number of aliphatic hydroxyl groups is 6. The number of aliphatic hydroxyl groups excluding tert-OH is 6. The summed E-state index contributed by atoms with van der Waals surface area (Å²) in [5.74, 6) is -1.77. The SMILES string of the molecule is CCCOC1OC(CS(=O)(=O)O)C(O)C(O)C1O.CCCOC1OC(CS(=O)(=O)O)C(O)C(O)C1O.[Na+]. The minimum atomic E-state index is -4.37. The first-order valence-corrected chi connectivity index (χ1v) is 14.3. The zero-order valence-corrected chi connectivity index (χ0v) is 24.3. The van der Waals surface area contributed by atoms with Crippen molar-refractivity contribution in [2.45, 2.75) is 88.1 Å². The van der Waals surface area contributed by atoms with Gasteiger partial charge in [-0.15, -0.1) is 0 Å². The average Bonchev–Trinajstić information content (AvgIpc) is 2.77. The van der Waals surface area contributed by atoms with Gasteiger partial charge < -0.3 is 49.6 Å². The van der Waals surface area contributed by atoms with Crippen LogP contribution in [0.25, 0.3) is 0 Å². The monoisotopic (exact) mass is 595 g/mol. The van der Waals surface area contributed by atoms with Crippen LogP contribution in [0.15, 0.2) is 0 Å². The number of ether oxygens (including phenoxy) is 4. The van der Waals surface area contributed by atoms with Gasteiger partial charge in [-0.2, -0.15) is 16.8 Å². The molecule has 16 nitrogen and oxygen atoms in total. The molecule has 2 rings (SSSR count). The van der Waals surface area contributed by atoms with Gasteiger partial charge in [-0.25, -0.2) is 0 Å². The largest absolute Gasteiger partial charge is 1.00 e. The Balaban J connectivity index is 0.000000682. The van der Waals surface area contributed by atoms with Crippen LogP contribution in [0.4, 0.5) is 0 Å². The molecule has 0 aromatic heterocycles. The van der Waals surface area contributed by atoms with Gasteiger partial charge in [-0.1, -0.05) is 13.8 Å². The first kappa shape index (κ1) is 37.4. The minimum Gasteiger partial charge on any atom is -0.388 e. The second kappa shape index (κ2) is 16.6. The molecule has 0 aliphatic carbocycles. The Labute approximate surface area is 237 Å². The molecule has 0 bridgehead atoms. The molecule has 2 aliphatic rings. The molecule has 2 fully saturated rings. The summed E-state index contributed by atoms with van der Waals surface area (Å²) in [4.78, 5) is 0. The van der Waals surface area contributed by atoms with E-state index in [2.05, 4.69) is 0 Å². The van der Waals surface area contributed by atoms with E-state index in [1.165, 1.54) is 0 Å². The first-order valence-electron chi connectivity index (χ1n) is 11.0. The Bertz CT molecular complexity index is 788. The molecule has 8 N–H and O–H groups in total. The summed E-state index contributed by atoms with van der Waals surface area (Å²) < 4.78 is 80.6. The summed E-state index contributed by atoms with van der Waals surface area (Å²) in [5, 5.41) is 57.3. The summed E-state index contributed by atoms with van der Waals surface area (Å²) in [6.07, 6.45) is -13.4. The van der Waals surface area contributed by atoms with Crippen LogP contribution in [0.2, 0.25) is 0 Å². The second-order valence-corrected chi connectivity index (χ2v) is 11.3. The fourth-order valence-electron chi connectivity index (χ4n) is 3.27.